The van der Waals surface area contributed by atoms with Crippen molar-refractivity contribution < 1.29 is 19.1 Å². The fourth-order valence-electron chi connectivity index (χ4n) is 5.09. The number of rotatable bonds is 4. The van der Waals surface area contributed by atoms with E-state index < -0.39 is 0 Å². The Morgan fingerprint density at radius 1 is 1.15 bits per heavy atom. The summed E-state index contributed by atoms with van der Waals surface area (Å²) in [5, 5.41) is 2.99. The van der Waals surface area contributed by atoms with Crippen LogP contribution in [0.5, 0.6) is 5.75 Å². The fraction of sp³-hybridized carbons (Fsp3) is 0.593. The third-order valence-electron chi connectivity index (χ3n) is 7.20. The molecule has 2 fully saturated rings. The number of nitrogens with one attached hydrogen (secondary N) is 1. The van der Waals surface area contributed by atoms with Crippen molar-refractivity contribution in [1.82, 2.24) is 15.1 Å². The first-order chi connectivity index (χ1) is 16.4. The number of carbonyl (C=O) groups excluding carboxylic acids is 3. The molecule has 4 rings (SSSR count). The largest absolute Gasteiger partial charge is 0.489 e. The molecular formula is C27H37N3O4. The zero-order valence-corrected chi connectivity index (χ0v) is 20.4. The van der Waals surface area contributed by atoms with Gasteiger partial charge in [0.1, 0.15) is 18.9 Å². The molecule has 184 valence electrons. The average molecular weight is 468 g/mol. The van der Waals surface area contributed by atoms with Gasteiger partial charge in [-0.3, -0.25) is 14.4 Å². The lowest BCUT2D eigenvalue weighted by molar-refractivity contribution is -0.146. The van der Waals surface area contributed by atoms with Crippen LogP contribution in [0.15, 0.2) is 36.4 Å². The number of ether oxygens (including phenoxy) is 1. The molecule has 2 aliphatic heterocycles. The van der Waals surface area contributed by atoms with E-state index in [4.69, 9.17) is 4.74 Å². The summed E-state index contributed by atoms with van der Waals surface area (Å²) in [6.07, 6.45) is 8.19. The van der Waals surface area contributed by atoms with Gasteiger partial charge in [-0.1, -0.05) is 36.8 Å². The Labute approximate surface area is 202 Å². The van der Waals surface area contributed by atoms with Crippen LogP contribution >= 0.6 is 0 Å². The highest BCUT2D eigenvalue weighted by Crippen LogP contribution is 2.31. The van der Waals surface area contributed by atoms with E-state index >= 15 is 0 Å². The first-order valence-corrected chi connectivity index (χ1v) is 12.6. The van der Waals surface area contributed by atoms with Gasteiger partial charge >= 0.3 is 0 Å². The van der Waals surface area contributed by atoms with Crippen LogP contribution in [-0.2, 0) is 20.9 Å². The number of nitrogens with zero attached hydrogens (tertiary/aromatic N) is 2. The zero-order valence-electron chi connectivity index (χ0n) is 20.4. The molecule has 2 heterocycles. The number of para-hydroxylation sites is 1. The molecule has 3 aliphatic rings. The lowest BCUT2D eigenvalue weighted by Crippen LogP contribution is -2.50. The van der Waals surface area contributed by atoms with Crippen LogP contribution in [0.4, 0.5) is 0 Å². The molecule has 7 heteroatoms. The van der Waals surface area contributed by atoms with Gasteiger partial charge in [-0.05, 0) is 51.0 Å². The number of benzene rings is 1. The van der Waals surface area contributed by atoms with Crippen LogP contribution in [-0.4, -0.2) is 59.8 Å². The summed E-state index contributed by atoms with van der Waals surface area (Å²) >= 11 is 0. The number of fused-ring (bicyclic) bond motifs is 3. The molecule has 2 atom stereocenters. The molecule has 1 N–H and O–H groups in total. The highest BCUT2D eigenvalue weighted by molar-refractivity contribution is 5.86. The number of hydrogen-bond donors (Lipinski definition) is 1. The minimum Gasteiger partial charge on any atom is -0.489 e. The Hall–Kier alpha value is -2.83. The maximum atomic E-state index is 13.4. The Balaban J connectivity index is 1.55. The van der Waals surface area contributed by atoms with Crippen molar-refractivity contribution in [2.45, 2.75) is 58.5 Å². The van der Waals surface area contributed by atoms with Gasteiger partial charge in [-0.2, -0.15) is 0 Å². The molecule has 1 aliphatic carbocycles. The molecular weight excluding hydrogens is 430 g/mol. The van der Waals surface area contributed by atoms with Gasteiger partial charge in [-0.15, -0.1) is 0 Å². The van der Waals surface area contributed by atoms with Crippen LogP contribution in [0.2, 0.25) is 0 Å². The predicted molar refractivity (Wildman–Crippen MR) is 130 cm³/mol. The molecule has 0 radical (unpaired) electrons. The van der Waals surface area contributed by atoms with Gasteiger partial charge in [0.25, 0.3) is 0 Å². The summed E-state index contributed by atoms with van der Waals surface area (Å²) in [5.41, 5.74) is 0.914. The van der Waals surface area contributed by atoms with Gasteiger partial charge in [0.2, 0.25) is 17.7 Å². The van der Waals surface area contributed by atoms with Gasteiger partial charge in [-0.25, -0.2) is 0 Å². The second-order valence-electron chi connectivity index (χ2n) is 10.1. The summed E-state index contributed by atoms with van der Waals surface area (Å²) in [6.45, 7) is 5.96. The van der Waals surface area contributed by atoms with E-state index in [1.54, 1.807) is 4.90 Å². The van der Waals surface area contributed by atoms with E-state index in [0.717, 1.165) is 37.0 Å². The first kappa shape index (κ1) is 24.3. The number of amides is 3. The van der Waals surface area contributed by atoms with Crippen molar-refractivity contribution in [3.63, 3.8) is 0 Å². The van der Waals surface area contributed by atoms with Crippen LogP contribution in [0.3, 0.4) is 0 Å². The highest BCUT2D eigenvalue weighted by Gasteiger charge is 2.35. The third-order valence-corrected chi connectivity index (χ3v) is 7.20. The van der Waals surface area contributed by atoms with E-state index in [9.17, 15) is 14.4 Å². The monoisotopic (exact) mass is 467 g/mol. The second-order valence-corrected chi connectivity index (χ2v) is 10.1. The topological polar surface area (TPSA) is 79.0 Å². The van der Waals surface area contributed by atoms with Gasteiger partial charge in [0, 0.05) is 43.6 Å². The molecule has 3 amide bonds. The standard InChI is InChI=1S/C27H37N3O4/c1-19(2)28-25(31)15-21-12-13-29-16-22(21)10-6-14-34-24-11-4-3-7-23(24)17-30(18-26(29)32)27(33)20-8-5-9-20/h3-4,6-7,10-11,19-22H,5,8-9,12-18H2,1-2H3,(H,28,31)/b10-6-/t21-,22-/m0/s1. The van der Waals surface area contributed by atoms with Crippen molar-refractivity contribution in [2.75, 3.05) is 26.2 Å². The molecule has 2 bridgehead atoms. The summed E-state index contributed by atoms with van der Waals surface area (Å²) in [5.74, 6) is 1.11. The average Bonchev–Trinajstić information content (AvgIpc) is 2.76. The Kier molecular flexibility index (Phi) is 7.91. The smallest absolute Gasteiger partial charge is 0.242 e. The van der Waals surface area contributed by atoms with Crippen LogP contribution in [0.25, 0.3) is 0 Å². The third kappa shape index (κ3) is 5.99. The van der Waals surface area contributed by atoms with Crippen molar-refractivity contribution >= 4 is 17.7 Å². The molecule has 1 aromatic carbocycles. The summed E-state index contributed by atoms with van der Waals surface area (Å²) in [7, 11) is 0. The van der Waals surface area contributed by atoms with Crippen LogP contribution < -0.4 is 10.1 Å². The van der Waals surface area contributed by atoms with E-state index in [-0.39, 0.29) is 48.1 Å². The molecule has 1 saturated carbocycles. The predicted octanol–water partition coefficient (Wildman–Crippen LogP) is 3.14. The van der Waals surface area contributed by atoms with Crippen molar-refractivity contribution in [3.8, 4) is 5.75 Å². The minimum atomic E-state index is -0.0196. The SMILES string of the molecule is CC(C)NC(=O)C[C@@H]1CCN2C[C@@H]1/C=C\COc1ccccc1CN(C(=O)C1CCC1)CC2=O. The maximum Gasteiger partial charge on any atom is 0.242 e. The molecule has 0 unspecified atom stereocenters. The Bertz CT molecular complexity index is 924. The maximum absolute atomic E-state index is 13.4. The lowest BCUT2D eigenvalue weighted by atomic mass is 9.82. The molecule has 1 aromatic rings. The molecule has 0 spiro atoms. The van der Waals surface area contributed by atoms with Crippen molar-refractivity contribution in [1.29, 1.82) is 0 Å². The summed E-state index contributed by atoms with van der Waals surface area (Å²) < 4.78 is 6.06. The number of carbonyl (C=O) groups is 3. The summed E-state index contributed by atoms with van der Waals surface area (Å²) in [4.78, 5) is 42.6. The van der Waals surface area contributed by atoms with E-state index in [2.05, 4.69) is 11.4 Å². The van der Waals surface area contributed by atoms with E-state index in [0.29, 0.717) is 32.7 Å². The van der Waals surface area contributed by atoms with Crippen LogP contribution in [0, 0.1) is 17.8 Å². The Morgan fingerprint density at radius 3 is 2.68 bits per heavy atom. The lowest BCUT2D eigenvalue weighted by Gasteiger charge is -2.39. The fourth-order valence-corrected chi connectivity index (χ4v) is 5.09. The minimum absolute atomic E-state index is 0.0196. The van der Waals surface area contributed by atoms with E-state index in [1.165, 1.54) is 0 Å². The molecule has 34 heavy (non-hydrogen) atoms. The van der Waals surface area contributed by atoms with Gasteiger partial charge in [0.05, 0.1) is 0 Å². The Morgan fingerprint density at radius 2 is 1.94 bits per heavy atom. The molecule has 0 aromatic heterocycles. The van der Waals surface area contributed by atoms with Crippen molar-refractivity contribution in [3.05, 3.63) is 42.0 Å². The van der Waals surface area contributed by atoms with Crippen LogP contribution in [0.1, 0.15) is 51.5 Å². The quantitative estimate of drug-likeness (QED) is 0.690. The highest BCUT2D eigenvalue weighted by atomic mass is 16.5. The zero-order chi connectivity index (χ0) is 24.1. The molecule has 7 nitrogen and oxygen atoms in total. The second kappa shape index (κ2) is 11.1. The van der Waals surface area contributed by atoms with Crippen molar-refractivity contribution in [2.24, 2.45) is 17.8 Å². The summed E-state index contributed by atoms with van der Waals surface area (Å²) in [6, 6.07) is 7.85. The molecule has 1 saturated heterocycles. The van der Waals surface area contributed by atoms with Gasteiger partial charge < -0.3 is 19.9 Å². The van der Waals surface area contributed by atoms with Gasteiger partial charge in [0.15, 0.2) is 0 Å². The first-order valence-electron chi connectivity index (χ1n) is 12.6. The van der Waals surface area contributed by atoms with E-state index in [1.807, 2.05) is 49.1 Å². The number of hydrogen-bond acceptors (Lipinski definition) is 4. The number of piperidine rings is 1. The normalized spacial score (nSPS) is 24.6.